The Bertz CT molecular complexity index is 746. The third-order valence-electron chi connectivity index (χ3n) is 2.44. The van der Waals surface area contributed by atoms with E-state index in [0.717, 1.165) is 12.1 Å². The number of nitrogen functional groups attached to an aromatic ring is 1. The van der Waals surface area contributed by atoms with E-state index in [1.54, 1.807) is 0 Å². The van der Waals surface area contributed by atoms with Crippen LogP contribution in [0.2, 0.25) is 10.0 Å². The molecule has 2 aromatic carbocycles. The summed E-state index contributed by atoms with van der Waals surface area (Å²) < 4.78 is 39.7. The number of halogens is 3. The highest BCUT2D eigenvalue weighted by Gasteiger charge is 2.22. The van der Waals surface area contributed by atoms with Gasteiger partial charge in [0.15, 0.2) is 0 Å². The summed E-state index contributed by atoms with van der Waals surface area (Å²) in [6.07, 6.45) is 0. The predicted octanol–water partition coefficient (Wildman–Crippen LogP) is 3.52. The Morgan fingerprint density at radius 2 is 1.80 bits per heavy atom. The number of rotatable bonds is 3. The maximum absolute atomic E-state index is 12.9. The number of benzene rings is 2. The SMILES string of the molecule is Nc1cccc(Cl)c1S(=O)(=O)Nc1ccc(F)cc1Cl. The normalized spacial score (nSPS) is 11.3. The summed E-state index contributed by atoms with van der Waals surface area (Å²) in [5.41, 5.74) is 5.66. The highest BCUT2D eigenvalue weighted by Crippen LogP contribution is 2.31. The number of sulfonamides is 1. The monoisotopic (exact) mass is 334 g/mol. The Hall–Kier alpha value is -1.50. The summed E-state index contributed by atoms with van der Waals surface area (Å²) >= 11 is 11.6. The molecule has 0 unspecified atom stereocenters. The van der Waals surface area contributed by atoms with Crippen LogP contribution in [0.4, 0.5) is 15.8 Å². The van der Waals surface area contributed by atoms with E-state index in [4.69, 9.17) is 28.9 Å². The fraction of sp³-hybridized carbons (Fsp3) is 0. The average Bonchev–Trinajstić information content (AvgIpc) is 2.32. The van der Waals surface area contributed by atoms with Crippen molar-refractivity contribution in [1.29, 1.82) is 0 Å². The minimum Gasteiger partial charge on any atom is -0.398 e. The van der Waals surface area contributed by atoms with Crippen LogP contribution < -0.4 is 10.5 Å². The van der Waals surface area contributed by atoms with Crippen molar-refractivity contribution in [3.8, 4) is 0 Å². The summed E-state index contributed by atoms with van der Waals surface area (Å²) in [5.74, 6) is -0.574. The molecule has 0 saturated heterocycles. The van der Waals surface area contributed by atoms with Crippen LogP contribution >= 0.6 is 23.2 Å². The Labute approximate surface area is 125 Å². The molecule has 0 aliphatic carbocycles. The van der Waals surface area contributed by atoms with Gasteiger partial charge in [-0.1, -0.05) is 29.3 Å². The summed E-state index contributed by atoms with van der Waals surface area (Å²) in [6.45, 7) is 0. The van der Waals surface area contributed by atoms with E-state index in [1.165, 1.54) is 24.3 Å². The third kappa shape index (κ3) is 2.98. The summed E-state index contributed by atoms with van der Waals surface area (Å²) in [4.78, 5) is -0.248. The van der Waals surface area contributed by atoms with E-state index in [9.17, 15) is 12.8 Å². The molecule has 2 rings (SSSR count). The molecule has 0 aliphatic rings. The zero-order chi connectivity index (χ0) is 14.9. The molecule has 3 N–H and O–H groups in total. The second-order valence-electron chi connectivity index (χ2n) is 3.89. The first-order chi connectivity index (χ1) is 9.31. The largest absolute Gasteiger partial charge is 0.398 e. The van der Waals surface area contributed by atoms with Crippen LogP contribution in [0.1, 0.15) is 0 Å². The topological polar surface area (TPSA) is 72.2 Å². The molecule has 2 aromatic rings. The fourth-order valence-corrected chi connectivity index (χ4v) is 3.61. The first-order valence-corrected chi connectivity index (χ1v) is 7.57. The zero-order valence-electron chi connectivity index (χ0n) is 9.90. The summed E-state index contributed by atoms with van der Waals surface area (Å²) in [6, 6.07) is 7.63. The number of hydrogen-bond acceptors (Lipinski definition) is 3. The van der Waals surface area contributed by atoms with Crippen molar-refractivity contribution in [1.82, 2.24) is 0 Å². The molecule has 0 heterocycles. The lowest BCUT2D eigenvalue weighted by Crippen LogP contribution is -2.15. The number of nitrogens with one attached hydrogen (secondary N) is 1. The van der Waals surface area contributed by atoms with Gasteiger partial charge in [-0.3, -0.25) is 4.72 Å². The van der Waals surface area contributed by atoms with Crippen LogP contribution in [-0.4, -0.2) is 8.42 Å². The molecule has 0 saturated carbocycles. The van der Waals surface area contributed by atoms with Crippen molar-refractivity contribution >= 4 is 44.6 Å². The summed E-state index contributed by atoms with van der Waals surface area (Å²) in [5, 5.41) is -0.0880. The zero-order valence-corrected chi connectivity index (χ0v) is 12.2. The standard InChI is InChI=1S/C12H9Cl2FN2O2S/c13-8-2-1-3-10(16)12(8)20(18,19)17-11-5-4-7(15)6-9(11)14/h1-6,17H,16H2. The van der Waals surface area contributed by atoms with Crippen molar-refractivity contribution in [3.05, 3.63) is 52.3 Å². The van der Waals surface area contributed by atoms with Crippen molar-refractivity contribution < 1.29 is 12.8 Å². The Morgan fingerprint density at radius 1 is 1.10 bits per heavy atom. The van der Waals surface area contributed by atoms with Gasteiger partial charge in [0.1, 0.15) is 10.7 Å². The van der Waals surface area contributed by atoms with Gasteiger partial charge in [-0.25, -0.2) is 12.8 Å². The Morgan fingerprint density at radius 3 is 2.40 bits per heavy atom. The van der Waals surface area contributed by atoms with Gasteiger partial charge in [-0.15, -0.1) is 0 Å². The van der Waals surface area contributed by atoms with Gasteiger partial charge in [0, 0.05) is 0 Å². The van der Waals surface area contributed by atoms with Crippen molar-refractivity contribution in [2.24, 2.45) is 0 Å². The van der Waals surface area contributed by atoms with Gasteiger partial charge in [0.2, 0.25) is 0 Å². The molecular weight excluding hydrogens is 326 g/mol. The highest BCUT2D eigenvalue weighted by atomic mass is 35.5. The van der Waals surface area contributed by atoms with Crippen LogP contribution in [0, 0.1) is 5.82 Å². The Kier molecular flexibility index (Phi) is 4.08. The number of hydrogen-bond donors (Lipinski definition) is 2. The molecule has 8 heteroatoms. The average molecular weight is 335 g/mol. The lowest BCUT2D eigenvalue weighted by molar-refractivity contribution is 0.601. The molecular formula is C12H9Cl2FN2O2S. The van der Waals surface area contributed by atoms with Crippen LogP contribution in [0.3, 0.4) is 0 Å². The first-order valence-electron chi connectivity index (χ1n) is 5.33. The van der Waals surface area contributed by atoms with Gasteiger partial charge in [0.25, 0.3) is 10.0 Å². The van der Waals surface area contributed by atoms with E-state index in [0.29, 0.717) is 0 Å². The second kappa shape index (κ2) is 5.47. The number of anilines is 2. The lowest BCUT2D eigenvalue weighted by Gasteiger charge is -2.12. The second-order valence-corrected chi connectivity index (χ2v) is 6.32. The van der Waals surface area contributed by atoms with E-state index in [1.807, 2.05) is 0 Å². The molecule has 0 fully saturated rings. The van der Waals surface area contributed by atoms with E-state index < -0.39 is 15.8 Å². The maximum atomic E-state index is 12.9. The van der Waals surface area contributed by atoms with Crippen LogP contribution in [-0.2, 0) is 10.0 Å². The molecule has 0 bridgehead atoms. The molecule has 0 amide bonds. The van der Waals surface area contributed by atoms with Crippen LogP contribution in [0.5, 0.6) is 0 Å². The van der Waals surface area contributed by atoms with Crippen LogP contribution in [0.15, 0.2) is 41.3 Å². The predicted molar refractivity (Wildman–Crippen MR) is 78.1 cm³/mol. The molecule has 106 valence electrons. The summed E-state index contributed by atoms with van der Waals surface area (Å²) in [7, 11) is -4.02. The van der Waals surface area contributed by atoms with E-state index >= 15 is 0 Å². The minimum atomic E-state index is -4.02. The van der Waals surface area contributed by atoms with Crippen LogP contribution in [0.25, 0.3) is 0 Å². The quantitative estimate of drug-likeness (QED) is 0.843. The molecule has 0 spiro atoms. The number of nitrogens with two attached hydrogens (primary N) is 1. The molecule has 0 aliphatic heterocycles. The van der Waals surface area contributed by atoms with Gasteiger partial charge in [-0.2, -0.15) is 0 Å². The molecule has 0 radical (unpaired) electrons. The minimum absolute atomic E-state index is 0.00299. The van der Waals surface area contributed by atoms with Gasteiger partial charge >= 0.3 is 0 Å². The first kappa shape index (κ1) is 14.9. The van der Waals surface area contributed by atoms with Crippen molar-refractivity contribution in [2.75, 3.05) is 10.5 Å². The van der Waals surface area contributed by atoms with Gasteiger partial charge < -0.3 is 5.73 Å². The smallest absolute Gasteiger partial charge is 0.265 e. The third-order valence-corrected chi connectivity index (χ3v) is 4.66. The maximum Gasteiger partial charge on any atom is 0.265 e. The molecule has 20 heavy (non-hydrogen) atoms. The Balaban J connectivity index is 2.46. The molecule has 0 aromatic heterocycles. The van der Waals surface area contributed by atoms with Crippen molar-refractivity contribution in [3.63, 3.8) is 0 Å². The van der Waals surface area contributed by atoms with Crippen molar-refractivity contribution in [2.45, 2.75) is 4.90 Å². The highest BCUT2D eigenvalue weighted by molar-refractivity contribution is 7.93. The van der Waals surface area contributed by atoms with E-state index in [2.05, 4.69) is 4.72 Å². The molecule has 0 atom stereocenters. The fourth-order valence-electron chi connectivity index (χ4n) is 1.58. The lowest BCUT2D eigenvalue weighted by atomic mass is 10.3. The van der Waals surface area contributed by atoms with Gasteiger partial charge in [0.05, 0.1) is 21.4 Å². The molecule has 4 nitrogen and oxygen atoms in total. The van der Waals surface area contributed by atoms with Gasteiger partial charge in [-0.05, 0) is 30.3 Å². The van der Waals surface area contributed by atoms with E-state index in [-0.39, 0.29) is 26.3 Å².